The predicted molar refractivity (Wildman–Crippen MR) is 130 cm³/mol. The second-order valence-corrected chi connectivity index (χ2v) is 8.52. The van der Waals surface area contributed by atoms with Crippen molar-refractivity contribution in [3.05, 3.63) is 83.4 Å². The Kier molecular flexibility index (Phi) is 5.84. The molecule has 3 aromatic rings. The summed E-state index contributed by atoms with van der Waals surface area (Å²) in [7, 11) is 0. The zero-order valence-corrected chi connectivity index (χ0v) is 18.7. The van der Waals surface area contributed by atoms with Crippen molar-refractivity contribution in [1.82, 2.24) is 4.90 Å². The zero-order valence-electron chi connectivity index (χ0n) is 18.7. The molecule has 168 valence electrons. The Hall–Kier alpha value is -3.64. The van der Waals surface area contributed by atoms with E-state index in [0.29, 0.717) is 38.4 Å². The van der Waals surface area contributed by atoms with Gasteiger partial charge in [-0.25, -0.2) is 4.79 Å². The number of benzene rings is 3. The average molecular weight is 442 g/mol. The van der Waals surface area contributed by atoms with E-state index in [4.69, 9.17) is 4.74 Å². The van der Waals surface area contributed by atoms with Gasteiger partial charge in [0.2, 0.25) is 0 Å². The number of anilines is 2. The molecule has 33 heavy (non-hydrogen) atoms. The van der Waals surface area contributed by atoms with E-state index in [1.54, 1.807) is 4.90 Å². The van der Waals surface area contributed by atoms with Crippen LogP contribution in [0.1, 0.15) is 21.5 Å². The molecule has 1 saturated heterocycles. The molecule has 2 heterocycles. The van der Waals surface area contributed by atoms with Crippen molar-refractivity contribution in [3.63, 3.8) is 0 Å². The number of nitrogens with zero attached hydrogens (tertiary/aromatic N) is 2. The van der Waals surface area contributed by atoms with Crippen LogP contribution in [-0.2, 0) is 11.2 Å². The van der Waals surface area contributed by atoms with E-state index in [-0.39, 0.29) is 11.9 Å². The number of carbonyl (C=O) groups is 2. The maximum Gasteiger partial charge on any atom is 0.326 e. The van der Waals surface area contributed by atoms with Crippen LogP contribution in [-0.4, -0.2) is 49.7 Å². The second-order valence-electron chi connectivity index (χ2n) is 8.52. The third-order valence-corrected chi connectivity index (χ3v) is 6.29. The van der Waals surface area contributed by atoms with E-state index >= 15 is 0 Å². The molecule has 1 fully saturated rings. The highest BCUT2D eigenvalue weighted by Crippen LogP contribution is 2.33. The second kappa shape index (κ2) is 9.08. The Morgan fingerprint density at radius 3 is 2.27 bits per heavy atom. The predicted octanol–water partition coefficient (Wildman–Crippen LogP) is 4.73. The number of morpholine rings is 1. The molecule has 1 N–H and O–H groups in total. The fourth-order valence-corrected chi connectivity index (χ4v) is 4.37. The van der Waals surface area contributed by atoms with Crippen LogP contribution in [0.3, 0.4) is 0 Å². The maximum absolute atomic E-state index is 12.8. The summed E-state index contributed by atoms with van der Waals surface area (Å²) in [5, 5.41) is 2.99. The minimum Gasteiger partial charge on any atom is -0.378 e. The molecule has 6 nitrogen and oxygen atoms in total. The first kappa shape index (κ1) is 21.2. The van der Waals surface area contributed by atoms with E-state index in [1.807, 2.05) is 72.5 Å². The van der Waals surface area contributed by atoms with Gasteiger partial charge in [0.15, 0.2) is 0 Å². The smallest absolute Gasteiger partial charge is 0.326 e. The molecule has 5 rings (SSSR count). The van der Waals surface area contributed by atoms with Gasteiger partial charge in [0.1, 0.15) is 0 Å². The van der Waals surface area contributed by atoms with Crippen LogP contribution in [0.4, 0.5) is 16.2 Å². The summed E-state index contributed by atoms with van der Waals surface area (Å²) in [5.41, 5.74) is 6.88. The summed E-state index contributed by atoms with van der Waals surface area (Å²) in [6, 6.07) is 21.7. The Morgan fingerprint density at radius 2 is 1.55 bits per heavy atom. The first-order valence-electron chi connectivity index (χ1n) is 11.3. The highest BCUT2D eigenvalue weighted by Gasteiger charge is 2.25. The average Bonchev–Trinajstić information content (AvgIpc) is 3.29. The molecule has 0 spiro atoms. The first-order valence-corrected chi connectivity index (χ1v) is 11.3. The molecular formula is C27H27N3O3. The van der Waals surface area contributed by atoms with Gasteiger partial charge in [0.05, 0.1) is 13.2 Å². The van der Waals surface area contributed by atoms with Gasteiger partial charge in [-0.1, -0.05) is 35.9 Å². The van der Waals surface area contributed by atoms with E-state index in [9.17, 15) is 9.59 Å². The lowest BCUT2D eigenvalue weighted by molar-refractivity contribution is 0.0303. The van der Waals surface area contributed by atoms with Crippen molar-refractivity contribution in [2.75, 3.05) is 43.1 Å². The lowest BCUT2D eigenvalue weighted by Crippen LogP contribution is -2.40. The van der Waals surface area contributed by atoms with Crippen molar-refractivity contribution in [3.8, 4) is 11.1 Å². The van der Waals surface area contributed by atoms with Crippen LogP contribution >= 0.6 is 0 Å². The van der Waals surface area contributed by atoms with Crippen LogP contribution < -0.4 is 10.2 Å². The van der Waals surface area contributed by atoms with Gasteiger partial charge < -0.3 is 15.0 Å². The van der Waals surface area contributed by atoms with Crippen molar-refractivity contribution in [2.24, 2.45) is 0 Å². The normalized spacial score (nSPS) is 15.3. The number of carbonyl (C=O) groups excluding carboxylic acids is 2. The fourth-order valence-electron chi connectivity index (χ4n) is 4.37. The molecule has 3 amide bonds. The topological polar surface area (TPSA) is 61.9 Å². The molecule has 0 saturated carbocycles. The number of aryl methyl sites for hydroxylation is 1. The molecule has 0 radical (unpaired) electrons. The van der Waals surface area contributed by atoms with Crippen molar-refractivity contribution in [2.45, 2.75) is 13.3 Å². The number of urea groups is 1. The number of ether oxygens (including phenoxy) is 1. The Labute approximate surface area is 193 Å². The molecule has 0 bridgehead atoms. The van der Waals surface area contributed by atoms with Crippen molar-refractivity contribution < 1.29 is 14.3 Å². The van der Waals surface area contributed by atoms with Gasteiger partial charge in [-0.3, -0.25) is 9.69 Å². The third-order valence-electron chi connectivity index (χ3n) is 6.29. The summed E-state index contributed by atoms with van der Waals surface area (Å²) in [5.74, 6) is 0.0500. The zero-order chi connectivity index (χ0) is 22.8. The largest absolute Gasteiger partial charge is 0.378 e. The fraction of sp³-hybridized carbons (Fsp3) is 0.259. The van der Waals surface area contributed by atoms with Crippen LogP contribution in [0.25, 0.3) is 11.1 Å². The number of amides is 3. The molecule has 0 aromatic heterocycles. The molecular weight excluding hydrogens is 414 g/mol. The van der Waals surface area contributed by atoms with Crippen LogP contribution in [0.15, 0.2) is 66.7 Å². The summed E-state index contributed by atoms with van der Waals surface area (Å²) >= 11 is 0. The minimum absolute atomic E-state index is 0.0500. The van der Waals surface area contributed by atoms with E-state index in [0.717, 1.165) is 40.0 Å². The standard InChI is InChI=1S/C27H27N3O3/c1-19-2-9-24(10-3-19)28-27(32)30-13-12-23-18-22(8-11-25(23)30)20-4-6-21(7-5-20)26(31)29-14-16-33-17-15-29/h2-11,18H,12-17H2,1H3,(H,28,32). The molecule has 0 aliphatic carbocycles. The number of rotatable bonds is 3. The molecule has 2 aliphatic rings. The minimum atomic E-state index is -0.115. The highest BCUT2D eigenvalue weighted by molar-refractivity contribution is 6.03. The van der Waals surface area contributed by atoms with Gasteiger partial charge >= 0.3 is 6.03 Å². The third kappa shape index (κ3) is 4.47. The number of hydrogen-bond acceptors (Lipinski definition) is 3. The molecule has 3 aromatic carbocycles. The van der Waals surface area contributed by atoms with E-state index < -0.39 is 0 Å². The quantitative estimate of drug-likeness (QED) is 0.639. The van der Waals surface area contributed by atoms with Crippen molar-refractivity contribution >= 4 is 23.3 Å². The summed E-state index contributed by atoms with van der Waals surface area (Å²) < 4.78 is 5.33. The van der Waals surface area contributed by atoms with Crippen LogP contribution in [0.5, 0.6) is 0 Å². The molecule has 6 heteroatoms. The van der Waals surface area contributed by atoms with Gasteiger partial charge in [-0.15, -0.1) is 0 Å². The Bertz CT molecular complexity index is 1170. The lowest BCUT2D eigenvalue weighted by atomic mass is 10.0. The monoisotopic (exact) mass is 441 g/mol. The van der Waals surface area contributed by atoms with E-state index in [2.05, 4.69) is 11.4 Å². The Balaban J connectivity index is 1.29. The molecule has 0 atom stereocenters. The highest BCUT2D eigenvalue weighted by atomic mass is 16.5. The van der Waals surface area contributed by atoms with Crippen LogP contribution in [0.2, 0.25) is 0 Å². The van der Waals surface area contributed by atoms with Crippen molar-refractivity contribution in [1.29, 1.82) is 0 Å². The van der Waals surface area contributed by atoms with Gasteiger partial charge in [0.25, 0.3) is 5.91 Å². The van der Waals surface area contributed by atoms with Gasteiger partial charge in [-0.2, -0.15) is 0 Å². The lowest BCUT2D eigenvalue weighted by Gasteiger charge is -2.26. The summed E-state index contributed by atoms with van der Waals surface area (Å²) in [6.07, 6.45) is 0.818. The summed E-state index contributed by atoms with van der Waals surface area (Å²) in [6.45, 7) is 5.15. The number of hydrogen-bond donors (Lipinski definition) is 1. The molecule has 0 unspecified atom stereocenters. The number of fused-ring (bicyclic) bond motifs is 1. The number of nitrogens with one attached hydrogen (secondary N) is 1. The maximum atomic E-state index is 12.8. The van der Waals surface area contributed by atoms with Gasteiger partial charge in [-0.05, 0) is 66.4 Å². The SMILES string of the molecule is Cc1ccc(NC(=O)N2CCc3cc(-c4ccc(C(=O)N5CCOCC5)cc4)ccc32)cc1. The van der Waals surface area contributed by atoms with Crippen LogP contribution in [0, 0.1) is 6.92 Å². The first-order chi connectivity index (χ1) is 16.1. The van der Waals surface area contributed by atoms with Gasteiger partial charge in [0, 0.05) is 36.6 Å². The summed E-state index contributed by atoms with van der Waals surface area (Å²) in [4.78, 5) is 29.1. The molecule has 2 aliphatic heterocycles. The van der Waals surface area contributed by atoms with E-state index in [1.165, 1.54) is 0 Å². The Morgan fingerprint density at radius 1 is 0.848 bits per heavy atom.